The van der Waals surface area contributed by atoms with Crippen LogP contribution in [-0.4, -0.2) is 66.6 Å². The second-order valence-electron chi connectivity index (χ2n) is 9.17. The first-order chi connectivity index (χ1) is 15.4. The van der Waals surface area contributed by atoms with Crippen LogP contribution in [-0.2, 0) is 14.8 Å². The standard InChI is InChI=1S/C22H29N3O6S/c26-22(27)25-12-19(21(25)15-7-10-30-11-8-15)32(28,29)24-16-5-3-14(4-6-16)17-13-31-18-2-1-9-23-20(17)18/h1-2,9,13-16,19,21,24H,3-8,10-12H2,(H,26,27)/t14?,16?,19-,21+/m0/s1. The summed E-state index contributed by atoms with van der Waals surface area (Å²) in [6.07, 6.45) is 7.06. The SMILES string of the molecule is O=C(O)N1C[C@H](S(=O)(=O)NC2CCC(c3coc4cccnc34)CC2)[C@H]1C1CCOCC1. The molecule has 0 radical (unpaired) electrons. The number of sulfonamides is 1. The number of furan rings is 1. The fourth-order valence-electron chi connectivity index (χ4n) is 5.61. The second kappa shape index (κ2) is 8.64. The number of aromatic nitrogens is 1. The minimum absolute atomic E-state index is 0.0211. The number of pyridine rings is 1. The fourth-order valence-corrected chi connectivity index (χ4v) is 7.57. The highest BCUT2D eigenvalue weighted by molar-refractivity contribution is 7.90. The van der Waals surface area contributed by atoms with Crippen molar-refractivity contribution in [3.8, 4) is 0 Å². The quantitative estimate of drug-likeness (QED) is 0.699. The topological polar surface area (TPSA) is 122 Å². The van der Waals surface area contributed by atoms with E-state index in [1.807, 2.05) is 12.1 Å². The van der Waals surface area contributed by atoms with Crippen LogP contribution in [0, 0.1) is 5.92 Å². The third kappa shape index (κ3) is 3.99. The van der Waals surface area contributed by atoms with E-state index in [4.69, 9.17) is 9.15 Å². The largest absolute Gasteiger partial charge is 0.465 e. The minimum atomic E-state index is -3.62. The molecule has 2 aromatic rings. The molecule has 32 heavy (non-hydrogen) atoms. The number of carbonyl (C=O) groups is 1. The summed E-state index contributed by atoms with van der Waals surface area (Å²) < 4.78 is 40.3. The number of ether oxygens (including phenoxy) is 1. The molecule has 9 nitrogen and oxygen atoms in total. The van der Waals surface area contributed by atoms with Crippen molar-refractivity contribution >= 4 is 27.2 Å². The Morgan fingerprint density at radius 2 is 1.91 bits per heavy atom. The molecule has 10 heteroatoms. The van der Waals surface area contributed by atoms with Crippen molar-refractivity contribution in [1.82, 2.24) is 14.6 Å². The predicted octanol–water partition coefficient (Wildman–Crippen LogP) is 2.93. The molecule has 1 amide bonds. The summed E-state index contributed by atoms with van der Waals surface area (Å²) in [5.41, 5.74) is 2.76. The number of rotatable bonds is 5. The molecule has 0 spiro atoms. The van der Waals surface area contributed by atoms with Gasteiger partial charge in [0.2, 0.25) is 10.0 Å². The van der Waals surface area contributed by atoms with Crippen LogP contribution in [0.2, 0.25) is 0 Å². The number of nitrogens with zero attached hydrogens (tertiary/aromatic N) is 2. The summed E-state index contributed by atoms with van der Waals surface area (Å²) in [5.74, 6) is 0.320. The monoisotopic (exact) mass is 463 g/mol. The van der Waals surface area contributed by atoms with Gasteiger partial charge in [-0.2, -0.15) is 0 Å². The lowest BCUT2D eigenvalue weighted by atomic mass is 9.82. The molecule has 0 bridgehead atoms. The molecule has 2 N–H and O–H groups in total. The lowest BCUT2D eigenvalue weighted by Gasteiger charge is -2.50. The van der Waals surface area contributed by atoms with E-state index >= 15 is 0 Å². The van der Waals surface area contributed by atoms with Gasteiger partial charge in [-0.3, -0.25) is 4.98 Å². The van der Waals surface area contributed by atoms with Gasteiger partial charge in [0.15, 0.2) is 5.58 Å². The van der Waals surface area contributed by atoms with Gasteiger partial charge in [-0.05, 0) is 62.5 Å². The highest BCUT2D eigenvalue weighted by Gasteiger charge is 2.53. The van der Waals surface area contributed by atoms with E-state index in [-0.39, 0.29) is 18.5 Å². The Balaban J connectivity index is 1.23. The molecule has 2 atom stereocenters. The van der Waals surface area contributed by atoms with Gasteiger partial charge in [0.1, 0.15) is 10.8 Å². The third-order valence-electron chi connectivity index (χ3n) is 7.37. The van der Waals surface area contributed by atoms with Gasteiger partial charge >= 0.3 is 6.09 Å². The van der Waals surface area contributed by atoms with Crippen molar-refractivity contribution in [3.05, 3.63) is 30.2 Å². The molecule has 2 aliphatic heterocycles. The van der Waals surface area contributed by atoms with E-state index in [1.165, 1.54) is 4.90 Å². The Morgan fingerprint density at radius 1 is 1.16 bits per heavy atom. The highest BCUT2D eigenvalue weighted by Crippen LogP contribution is 2.38. The molecule has 3 aliphatic rings. The Kier molecular flexibility index (Phi) is 5.85. The smallest absolute Gasteiger partial charge is 0.407 e. The zero-order chi connectivity index (χ0) is 22.3. The lowest BCUT2D eigenvalue weighted by molar-refractivity contribution is -0.00495. The van der Waals surface area contributed by atoms with E-state index in [9.17, 15) is 18.3 Å². The number of likely N-dealkylation sites (tertiary alicyclic amines) is 1. The Hall–Kier alpha value is -2.17. The zero-order valence-electron chi connectivity index (χ0n) is 17.9. The van der Waals surface area contributed by atoms with Crippen molar-refractivity contribution in [2.75, 3.05) is 19.8 Å². The molecule has 174 valence electrons. The summed E-state index contributed by atoms with van der Waals surface area (Å²) in [4.78, 5) is 17.3. The average Bonchev–Trinajstić information content (AvgIpc) is 3.18. The van der Waals surface area contributed by atoms with Crippen molar-refractivity contribution in [1.29, 1.82) is 0 Å². The fraction of sp³-hybridized carbons (Fsp3) is 0.636. The molecule has 5 rings (SSSR count). The van der Waals surface area contributed by atoms with Crippen LogP contribution < -0.4 is 4.72 Å². The summed E-state index contributed by atoms with van der Waals surface area (Å²) >= 11 is 0. The van der Waals surface area contributed by atoms with Crippen molar-refractivity contribution in [2.45, 2.75) is 61.8 Å². The number of amides is 1. The highest BCUT2D eigenvalue weighted by atomic mass is 32.2. The Bertz CT molecular complexity index is 1070. The van der Waals surface area contributed by atoms with Crippen LogP contribution in [0.1, 0.15) is 50.0 Å². The summed E-state index contributed by atoms with van der Waals surface area (Å²) in [6, 6.07) is 3.13. The molecule has 1 saturated carbocycles. The lowest BCUT2D eigenvalue weighted by Crippen LogP contribution is -2.69. The number of hydrogen-bond acceptors (Lipinski definition) is 6. The molecule has 2 saturated heterocycles. The van der Waals surface area contributed by atoms with Crippen LogP contribution >= 0.6 is 0 Å². The number of hydrogen-bond donors (Lipinski definition) is 2. The summed E-state index contributed by atoms with van der Waals surface area (Å²) in [5, 5.41) is 8.81. The van der Waals surface area contributed by atoms with Crippen molar-refractivity contribution in [2.24, 2.45) is 5.92 Å². The molecule has 2 aromatic heterocycles. The van der Waals surface area contributed by atoms with E-state index in [0.29, 0.717) is 32.0 Å². The summed E-state index contributed by atoms with van der Waals surface area (Å²) in [7, 11) is -3.62. The zero-order valence-corrected chi connectivity index (χ0v) is 18.7. The molecule has 3 fully saturated rings. The maximum atomic E-state index is 13.2. The maximum Gasteiger partial charge on any atom is 0.407 e. The van der Waals surface area contributed by atoms with Gasteiger partial charge in [0, 0.05) is 37.6 Å². The molecule has 0 unspecified atom stereocenters. The Labute approximate surface area is 187 Å². The molecular formula is C22H29N3O6S. The van der Waals surface area contributed by atoms with Crippen LogP contribution in [0.5, 0.6) is 0 Å². The van der Waals surface area contributed by atoms with Crippen LogP contribution in [0.15, 0.2) is 29.0 Å². The van der Waals surface area contributed by atoms with Crippen LogP contribution in [0.3, 0.4) is 0 Å². The van der Waals surface area contributed by atoms with Gasteiger partial charge in [-0.25, -0.2) is 17.9 Å². The summed E-state index contributed by atoms with van der Waals surface area (Å²) in [6.45, 7) is 1.14. The van der Waals surface area contributed by atoms with Crippen LogP contribution in [0.4, 0.5) is 4.79 Å². The number of nitrogens with one attached hydrogen (secondary N) is 1. The molecule has 1 aliphatic carbocycles. The third-order valence-corrected chi connectivity index (χ3v) is 9.25. The van der Waals surface area contributed by atoms with E-state index in [2.05, 4.69) is 9.71 Å². The molecule has 4 heterocycles. The first-order valence-corrected chi connectivity index (χ1v) is 12.9. The first-order valence-electron chi connectivity index (χ1n) is 11.3. The van der Waals surface area contributed by atoms with E-state index in [1.54, 1.807) is 12.5 Å². The van der Waals surface area contributed by atoms with Gasteiger partial charge in [0.25, 0.3) is 0 Å². The maximum absolute atomic E-state index is 13.2. The van der Waals surface area contributed by atoms with Gasteiger partial charge < -0.3 is 19.2 Å². The first kappa shape index (κ1) is 21.7. The predicted molar refractivity (Wildman–Crippen MR) is 117 cm³/mol. The van der Waals surface area contributed by atoms with Gasteiger partial charge in [-0.1, -0.05) is 0 Å². The molecular weight excluding hydrogens is 434 g/mol. The number of fused-ring (bicyclic) bond motifs is 1. The Morgan fingerprint density at radius 3 is 2.62 bits per heavy atom. The van der Waals surface area contributed by atoms with Crippen LogP contribution in [0.25, 0.3) is 11.1 Å². The van der Waals surface area contributed by atoms with Gasteiger partial charge in [-0.15, -0.1) is 0 Å². The molecule has 0 aromatic carbocycles. The minimum Gasteiger partial charge on any atom is -0.465 e. The van der Waals surface area contributed by atoms with Gasteiger partial charge in [0.05, 0.1) is 12.3 Å². The second-order valence-corrected chi connectivity index (χ2v) is 11.1. The normalized spacial score (nSPS) is 29.7. The van der Waals surface area contributed by atoms with E-state index < -0.39 is 27.4 Å². The number of carboxylic acid groups (broad SMARTS) is 1. The van der Waals surface area contributed by atoms with E-state index in [0.717, 1.165) is 42.3 Å². The average molecular weight is 464 g/mol. The van der Waals surface area contributed by atoms with Crippen molar-refractivity contribution < 1.29 is 27.5 Å². The van der Waals surface area contributed by atoms with Crippen molar-refractivity contribution in [3.63, 3.8) is 0 Å².